The molecule has 0 saturated heterocycles. The van der Waals surface area contributed by atoms with E-state index in [1.54, 1.807) is 17.5 Å². The maximum atomic E-state index is 12.8. The summed E-state index contributed by atoms with van der Waals surface area (Å²) < 4.78 is 38.4. The van der Waals surface area contributed by atoms with Crippen LogP contribution in [-0.4, -0.2) is 11.0 Å². The molecule has 0 saturated carbocycles. The third-order valence-electron chi connectivity index (χ3n) is 2.45. The molecule has 0 aliphatic carbocycles. The van der Waals surface area contributed by atoms with Crippen molar-refractivity contribution < 1.29 is 18.0 Å². The smallest absolute Gasteiger partial charge is 0.332 e. The molecule has 1 aromatic carbocycles. The van der Waals surface area contributed by atoms with Gasteiger partial charge in [0.2, 0.25) is 0 Å². The van der Waals surface area contributed by atoms with Gasteiger partial charge in [0.15, 0.2) is 5.11 Å². The van der Waals surface area contributed by atoms with Crippen molar-refractivity contribution in [2.75, 3.05) is 5.32 Å². The molecule has 1 amide bonds. The number of rotatable bonds is 2. The number of amides is 1. The maximum Gasteiger partial charge on any atom is 0.418 e. The van der Waals surface area contributed by atoms with Crippen molar-refractivity contribution in [2.24, 2.45) is 0 Å². The van der Waals surface area contributed by atoms with Crippen molar-refractivity contribution in [1.82, 2.24) is 5.32 Å². The lowest BCUT2D eigenvalue weighted by Crippen LogP contribution is -2.34. The molecule has 3 nitrogen and oxygen atoms in total. The van der Waals surface area contributed by atoms with E-state index in [0.29, 0.717) is 4.88 Å². The molecule has 0 unspecified atom stereocenters. The van der Waals surface area contributed by atoms with Crippen LogP contribution < -0.4 is 10.6 Å². The van der Waals surface area contributed by atoms with Crippen molar-refractivity contribution in [3.8, 4) is 0 Å². The second-order valence-corrected chi connectivity index (χ2v) is 5.28. The predicted octanol–water partition coefficient (Wildman–Crippen LogP) is 3.89. The minimum atomic E-state index is -4.50. The molecule has 0 radical (unpaired) electrons. The Morgan fingerprint density at radius 1 is 1.14 bits per heavy atom. The van der Waals surface area contributed by atoms with Crippen LogP contribution >= 0.6 is 23.6 Å². The summed E-state index contributed by atoms with van der Waals surface area (Å²) in [6.07, 6.45) is -4.50. The number of carbonyl (C=O) groups excluding carboxylic acids is 1. The maximum absolute atomic E-state index is 12.8. The summed E-state index contributed by atoms with van der Waals surface area (Å²) in [7, 11) is 0. The number of nitrogens with one attached hydrogen (secondary N) is 2. The molecule has 21 heavy (non-hydrogen) atoms. The Bertz CT molecular complexity index is 654. The van der Waals surface area contributed by atoms with Crippen LogP contribution in [-0.2, 0) is 6.18 Å². The van der Waals surface area contributed by atoms with Crippen LogP contribution in [0.2, 0.25) is 0 Å². The minimum absolute atomic E-state index is 0.190. The second-order valence-electron chi connectivity index (χ2n) is 3.93. The standard InChI is InChI=1S/C13H9F3N2OS2/c14-13(15,16)8-4-1-2-5-9(8)17-12(20)18-11(19)10-6-3-7-21-10/h1-7H,(H2,17,18,19,20). The number of thiocarbonyl (C=S) groups is 1. The van der Waals surface area contributed by atoms with E-state index in [9.17, 15) is 18.0 Å². The minimum Gasteiger partial charge on any atom is -0.332 e. The van der Waals surface area contributed by atoms with Gasteiger partial charge in [-0.15, -0.1) is 11.3 Å². The Morgan fingerprint density at radius 3 is 2.48 bits per heavy atom. The lowest BCUT2D eigenvalue weighted by molar-refractivity contribution is -0.136. The van der Waals surface area contributed by atoms with Gasteiger partial charge in [-0.05, 0) is 35.8 Å². The van der Waals surface area contributed by atoms with Crippen LogP contribution in [0.3, 0.4) is 0 Å². The third kappa shape index (κ3) is 4.02. The fourth-order valence-electron chi connectivity index (χ4n) is 1.57. The molecule has 8 heteroatoms. The number of hydrogen-bond acceptors (Lipinski definition) is 3. The zero-order valence-corrected chi connectivity index (χ0v) is 12.0. The van der Waals surface area contributed by atoms with Crippen molar-refractivity contribution in [1.29, 1.82) is 0 Å². The van der Waals surface area contributed by atoms with Gasteiger partial charge < -0.3 is 5.32 Å². The first-order valence-corrected chi connectivity index (χ1v) is 6.99. The monoisotopic (exact) mass is 330 g/mol. The van der Waals surface area contributed by atoms with Crippen LogP contribution in [0.25, 0.3) is 0 Å². The van der Waals surface area contributed by atoms with E-state index in [1.807, 2.05) is 0 Å². The normalized spacial score (nSPS) is 11.0. The number of para-hydroxylation sites is 1. The number of thiophene rings is 1. The molecule has 0 fully saturated rings. The molecule has 0 bridgehead atoms. The van der Waals surface area contributed by atoms with Gasteiger partial charge in [0.1, 0.15) is 0 Å². The van der Waals surface area contributed by atoms with Crippen LogP contribution in [0.5, 0.6) is 0 Å². The first-order chi connectivity index (χ1) is 9.88. The van der Waals surface area contributed by atoms with Crippen molar-refractivity contribution in [3.63, 3.8) is 0 Å². The van der Waals surface area contributed by atoms with Gasteiger partial charge in [-0.1, -0.05) is 18.2 Å². The Kier molecular flexibility index (Phi) is 4.59. The Balaban J connectivity index is 2.09. The average molecular weight is 330 g/mol. The molecular formula is C13H9F3N2OS2. The first kappa shape index (κ1) is 15.5. The zero-order valence-electron chi connectivity index (χ0n) is 10.4. The fourth-order valence-corrected chi connectivity index (χ4v) is 2.39. The van der Waals surface area contributed by atoms with Crippen LogP contribution in [0.15, 0.2) is 41.8 Å². The summed E-state index contributed by atoms with van der Waals surface area (Å²) in [6.45, 7) is 0. The highest BCUT2D eigenvalue weighted by Crippen LogP contribution is 2.34. The topological polar surface area (TPSA) is 41.1 Å². The zero-order chi connectivity index (χ0) is 15.5. The molecule has 2 rings (SSSR count). The van der Waals surface area contributed by atoms with Crippen LogP contribution in [0.4, 0.5) is 18.9 Å². The lowest BCUT2D eigenvalue weighted by Gasteiger charge is -2.15. The van der Waals surface area contributed by atoms with Crippen molar-refractivity contribution >= 4 is 40.3 Å². The summed E-state index contributed by atoms with van der Waals surface area (Å²) in [5.41, 5.74) is -1.06. The van der Waals surface area contributed by atoms with Gasteiger partial charge >= 0.3 is 6.18 Å². The average Bonchev–Trinajstić information content (AvgIpc) is 2.91. The Morgan fingerprint density at radius 2 is 1.86 bits per heavy atom. The van der Waals surface area contributed by atoms with Gasteiger partial charge in [0, 0.05) is 0 Å². The van der Waals surface area contributed by atoms with Gasteiger partial charge in [0.05, 0.1) is 16.1 Å². The van der Waals surface area contributed by atoms with Gasteiger partial charge in [-0.2, -0.15) is 13.2 Å². The number of anilines is 1. The molecule has 2 aromatic rings. The number of carbonyl (C=O) groups is 1. The first-order valence-electron chi connectivity index (χ1n) is 5.70. The third-order valence-corrected chi connectivity index (χ3v) is 3.53. The van der Waals surface area contributed by atoms with Crippen molar-refractivity contribution in [2.45, 2.75) is 6.18 Å². The van der Waals surface area contributed by atoms with E-state index in [0.717, 1.165) is 6.07 Å². The van der Waals surface area contributed by atoms with Gasteiger partial charge in [-0.3, -0.25) is 10.1 Å². The van der Waals surface area contributed by atoms with E-state index in [4.69, 9.17) is 12.2 Å². The molecule has 0 atom stereocenters. The predicted molar refractivity (Wildman–Crippen MR) is 79.4 cm³/mol. The highest BCUT2D eigenvalue weighted by molar-refractivity contribution is 7.80. The summed E-state index contributed by atoms with van der Waals surface area (Å²) in [4.78, 5) is 12.2. The summed E-state index contributed by atoms with van der Waals surface area (Å²) in [5.74, 6) is -0.466. The quantitative estimate of drug-likeness (QED) is 0.821. The lowest BCUT2D eigenvalue weighted by atomic mass is 10.1. The number of benzene rings is 1. The van der Waals surface area contributed by atoms with Crippen LogP contribution in [0, 0.1) is 0 Å². The second kappa shape index (κ2) is 6.23. The largest absolute Gasteiger partial charge is 0.418 e. The van der Waals surface area contributed by atoms with E-state index in [-0.39, 0.29) is 10.8 Å². The van der Waals surface area contributed by atoms with Crippen molar-refractivity contribution in [3.05, 3.63) is 52.2 Å². The fraction of sp³-hybridized carbons (Fsp3) is 0.0769. The summed E-state index contributed by atoms with van der Waals surface area (Å²) >= 11 is 6.07. The SMILES string of the molecule is O=C(NC(=S)Nc1ccccc1C(F)(F)F)c1cccs1. The highest BCUT2D eigenvalue weighted by Gasteiger charge is 2.33. The molecule has 110 valence electrons. The Labute approximate surface area is 127 Å². The van der Waals surface area contributed by atoms with E-state index >= 15 is 0 Å². The molecule has 0 aliphatic rings. The van der Waals surface area contributed by atoms with Gasteiger partial charge in [-0.25, -0.2) is 0 Å². The number of halogens is 3. The molecule has 0 spiro atoms. The summed E-state index contributed by atoms with van der Waals surface area (Å²) in [5, 5.41) is 6.25. The van der Waals surface area contributed by atoms with E-state index in [2.05, 4.69) is 10.6 Å². The number of hydrogen-bond donors (Lipinski definition) is 2. The molecule has 1 heterocycles. The van der Waals surface area contributed by atoms with E-state index in [1.165, 1.54) is 29.5 Å². The van der Waals surface area contributed by atoms with Gasteiger partial charge in [0.25, 0.3) is 5.91 Å². The molecule has 1 aromatic heterocycles. The van der Waals surface area contributed by atoms with Crippen LogP contribution in [0.1, 0.15) is 15.2 Å². The highest BCUT2D eigenvalue weighted by atomic mass is 32.1. The molecule has 0 aliphatic heterocycles. The summed E-state index contributed by atoms with van der Waals surface area (Å²) in [6, 6.07) is 8.18. The number of alkyl halides is 3. The Hall–Kier alpha value is -1.93. The molecule has 2 N–H and O–H groups in total. The van der Waals surface area contributed by atoms with E-state index < -0.39 is 17.6 Å². The molecular weight excluding hydrogens is 321 g/mol.